The van der Waals surface area contributed by atoms with Gasteiger partial charge in [-0.2, -0.15) is 0 Å². The summed E-state index contributed by atoms with van der Waals surface area (Å²) < 4.78 is 10.9. The first-order chi connectivity index (χ1) is 14.5. The van der Waals surface area contributed by atoms with Gasteiger partial charge in [0, 0.05) is 22.3 Å². The van der Waals surface area contributed by atoms with Gasteiger partial charge in [-0.1, -0.05) is 41.4 Å². The van der Waals surface area contributed by atoms with Crippen LogP contribution in [0.15, 0.2) is 64.5 Å². The van der Waals surface area contributed by atoms with E-state index in [4.69, 9.17) is 37.7 Å². The molecule has 1 N–H and O–H groups in total. The number of hydrogen-bond acceptors (Lipinski definition) is 5. The van der Waals surface area contributed by atoms with Crippen molar-refractivity contribution >= 4 is 46.4 Å². The van der Waals surface area contributed by atoms with E-state index >= 15 is 0 Å². The van der Waals surface area contributed by atoms with Crippen molar-refractivity contribution in [1.29, 1.82) is 0 Å². The van der Waals surface area contributed by atoms with E-state index in [1.54, 1.807) is 31.0 Å². The number of phenols is 1. The van der Waals surface area contributed by atoms with E-state index < -0.39 is 0 Å². The number of hydrogen-bond donors (Lipinski definition) is 1. The van der Waals surface area contributed by atoms with Crippen molar-refractivity contribution in [3.8, 4) is 17.2 Å². The second-order valence-electron chi connectivity index (χ2n) is 6.73. The van der Waals surface area contributed by atoms with Crippen molar-refractivity contribution in [2.24, 2.45) is 4.99 Å². The third kappa shape index (κ3) is 4.10. The average molecular weight is 460 g/mol. The summed E-state index contributed by atoms with van der Waals surface area (Å²) in [7, 11) is 3.19. The summed E-state index contributed by atoms with van der Waals surface area (Å²) in [6.45, 7) is 0. The summed E-state index contributed by atoms with van der Waals surface area (Å²) in [5.74, 6) is 1.30. The lowest BCUT2D eigenvalue weighted by Gasteiger charge is -2.18. The molecule has 154 valence electrons. The molecule has 3 aromatic rings. The van der Waals surface area contributed by atoms with Crippen LogP contribution >= 0.6 is 35.0 Å². The number of thioether (sulfide) groups is 1. The molecule has 0 aliphatic carbocycles. The van der Waals surface area contributed by atoms with E-state index in [1.165, 1.54) is 7.11 Å². The summed E-state index contributed by atoms with van der Waals surface area (Å²) >= 11 is 14.3. The highest BCUT2D eigenvalue weighted by molar-refractivity contribution is 7.99. The SMILES string of the molecule is COc1cc(C2CC(c3ccc(Cl)cc3Cl)=Nc3cccc(OC)c3S2)ccc1O. The zero-order valence-corrected chi connectivity index (χ0v) is 18.7. The van der Waals surface area contributed by atoms with Crippen LogP contribution in [0.1, 0.15) is 22.8 Å². The Morgan fingerprint density at radius 2 is 1.80 bits per heavy atom. The van der Waals surface area contributed by atoms with Gasteiger partial charge in [0.05, 0.1) is 35.5 Å². The normalized spacial score (nSPS) is 15.7. The Kier molecular flexibility index (Phi) is 6.14. The molecule has 0 bridgehead atoms. The van der Waals surface area contributed by atoms with Gasteiger partial charge in [-0.3, -0.25) is 4.99 Å². The highest BCUT2D eigenvalue weighted by Gasteiger charge is 2.26. The van der Waals surface area contributed by atoms with Crippen LogP contribution in [0.25, 0.3) is 0 Å². The minimum atomic E-state index is 0.00236. The second kappa shape index (κ2) is 8.80. The molecule has 3 aromatic carbocycles. The second-order valence-corrected chi connectivity index (χ2v) is 8.79. The molecule has 4 rings (SSSR count). The number of ether oxygens (including phenoxy) is 2. The van der Waals surface area contributed by atoms with Gasteiger partial charge in [-0.15, -0.1) is 11.8 Å². The fraction of sp³-hybridized carbons (Fsp3) is 0.174. The topological polar surface area (TPSA) is 51.0 Å². The summed E-state index contributed by atoms with van der Waals surface area (Å²) in [6.07, 6.45) is 0.623. The van der Waals surface area contributed by atoms with Crippen molar-refractivity contribution in [1.82, 2.24) is 0 Å². The Labute approximate surface area is 189 Å². The third-order valence-corrected chi connectivity index (χ3v) is 6.81. The number of aliphatic imine (C=N–C) groups is 1. The Balaban J connectivity index is 1.87. The van der Waals surface area contributed by atoms with Gasteiger partial charge in [0.2, 0.25) is 0 Å². The van der Waals surface area contributed by atoms with Crippen molar-refractivity contribution in [3.05, 3.63) is 75.8 Å². The zero-order valence-electron chi connectivity index (χ0n) is 16.4. The summed E-state index contributed by atoms with van der Waals surface area (Å²) in [4.78, 5) is 5.91. The van der Waals surface area contributed by atoms with E-state index in [-0.39, 0.29) is 11.0 Å². The van der Waals surface area contributed by atoms with E-state index in [0.717, 1.165) is 33.2 Å². The first-order valence-corrected chi connectivity index (χ1v) is 10.9. The molecule has 1 aliphatic heterocycles. The van der Waals surface area contributed by atoms with Crippen LogP contribution < -0.4 is 9.47 Å². The molecule has 1 unspecified atom stereocenters. The Bertz CT molecular complexity index is 1130. The van der Waals surface area contributed by atoms with Gasteiger partial charge in [0.1, 0.15) is 5.75 Å². The summed E-state index contributed by atoms with van der Waals surface area (Å²) in [5.41, 5.74) is 3.53. The van der Waals surface area contributed by atoms with Crippen LogP contribution in [-0.4, -0.2) is 25.0 Å². The molecule has 0 aromatic heterocycles. The predicted octanol–water partition coefficient (Wildman–Crippen LogP) is 7.07. The molecule has 0 amide bonds. The van der Waals surface area contributed by atoms with Gasteiger partial charge >= 0.3 is 0 Å². The summed E-state index contributed by atoms with van der Waals surface area (Å²) in [6, 6.07) is 16.7. The smallest absolute Gasteiger partial charge is 0.160 e. The van der Waals surface area contributed by atoms with Gasteiger partial charge in [-0.25, -0.2) is 0 Å². The molecule has 0 spiro atoms. The molecule has 1 heterocycles. The van der Waals surface area contributed by atoms with Crippen molar-refractivity contribution in [3.63, 3.8) is 0 Å². The lowest BCUT2D eigenvalue weighted by Crippen LogP contribution is -2.06. The average Bonchev–Trinajstić information content (AvgIpc) is 2.93. The number of benzene rings is 3. The van der Waals surface area contributed by atoms with Crippen LogP contribution in [0.2, 0.25) is 10.0 Å². The largest absolute Gasteiger partial charge is 0.504 e. The molecule has 0 saturated heterocycles. The van der Waals surface area contributed by atoms with Crippen LogP contribution in [-0.2, 0) is 0 Å². The number of phenolic OH excluding ortho intramolecular Hbond substituents is 1. The fourth-order valence-electron chi connectivity index (χ4n) is 3.40. The molecule has 7 heteroatoms. The molecule has 0 fully saturated rings. The van der Waals surface area contributed by atoms with Crippen LogP contribution in [0.5, 0.6) is 17.2 Å². The first-order valence-electron chi connectivity index (χ1n) is 9.23. The monoisotopic (exact) mass is 459 g/mol. The predicted molar refractivity (Wildman–Crippen MR) is 124 cm³/mol. The quantitative estimate of drug-likeness (QED) is 0.452. The highest BCUT2D eigenvalue weighted by Crippen LogP contribution is 2.50. The van der Waals surface area contributed by atoms with Crippen molar-refractivity contribution < 1.29 is 14.6 Å². The first kappa shape index (κ1) is 20.9. The van der Waals surface area contributed by atoms with Gasteiger partial charge < -0.3 is 14.6 Å². The fourth-order valence-corrected chi connectivity index (χ4v) is 5.22. The van der Waals surface area contributed by atoms with Gasteiger partial charge in [-0.05, 0) is 42.0 Å². The maximum atomic E-state index is 10.0. The summed E-state index contributed by atoms with van der Waals surface area (Å²) in [5, 5.41) is 11.2. The molecular formula is C23H19Cl2NO3S. The number of methoxy groups -OCH3 is 2. The molecule has 1 aliphatic rings. The number of nitrogens with zero attached hydrogens (tertiary/aromatic N) is 1. The van der Waals surface area contributed by atoms with Gasteiger partial charge in [0.15, 0.2) is 11.5 Å². The Hall–Kier alpha value is -2.34. The highest BCUT2D eigenvalue weighted by atomic mass is 35.5. The van der Waals surface area contributed by atoms with Crippen LogP contribution in [0.4, 0.5) is 5.69 Å². The standard InChI is InChI=1S/C23H19Cl2NO3S/c1-28-20-5-3-4-17-23(20)30-22(13-6-9-19(27)21(10-13)29-2)12-18(26-17)15-8-7-14(24)11-16(15)25/h3-11,22,27H,12H2,1-2H3. The molecular weight excluding hydrogens is 441 g/mol. The van der Waals surface area contributed by atoms with Crippen molar-refractivity contribution in [2.75, 3.05) is 14.2 Å². The van der Waals surface area contributed by atoms with E-state index in [0.29, 0.717) is 22.2 Å². The molecule has 30 heavy (non-hydrogen) atoms. The lowest BCUT2D eigenvalue weighted by atomic mass is 10.0. The van der Waals surface area contributed by atoms with E-state index in [1.807, 2.05) is 42.5 Å². The van der Waals surface area contributed by atoms with Crippen LogP contribution in [0.3, 0.4) is 0 Å². The zero-order chi connectivity index (χ0) is 21.3. The minimum Gasteiger partial charge on any atom is -0.504 e. The number of fused-ring (bicyclic) bond motifs is 1. The maximum Gasteiger partial charge on any atom is 0.160 e. The van der Waals surface area contributed by atoms with E-state index in [2.05, 4.69) is 0 Å². The van der Waals surface area contributed by atoms with Crippen LogP contribution in [0, 0.1) is 0 Å². The number of aromatic hydroxyl groups is 1. The number of rotatable bonds is 4. The lowest BCUT2D eigenvalue weighted by molar-refractivity contribution is 0.373. The third-order valence-electron chi connectivity index (χ3n) is 4.89. The van der Waals surface area contributed by atoms with Crippen molar-refractivity contribution in [2.45, 2.75) is 16.6 Å². The molecule has 4 nitrogen and oxygen atoms in total. The maximum absolute atomic E-state index is 10.0. The molecule has 1 atom stereocenters. The Morgan fingerprint density at radius 1 is 1.00 bits per heavy atom. The molecule has 0 radical (unpaired) electrons. The molecule has 0 saturated carbocycles. The van der Waals surface area contributed by atoms with E-state index in [9.17, 15) is 5.11 Å². The van der Waals surface area contributed by atoms with Gasteiger partial charge in [0.25, 0.3) is 0 Å². The number of halogens is 2. The minimum absolute atomic E-state index is 0.00236. The Morgan fingerprint density at radius 3 is 2.53 bits per heavy atom.